The number of likely N-dealkylation sites (tertiary alicyclic amines) is 2. The molecule has 0 aromatic carbocycles. The van der Waals surface area contributed by atoms with E-state index in [2.05, 4.69) is 15.2 Å². The molecule has 1 N–H and O–H groups in total. The largest absolute Gasteiger partial charge is 0.376 e. The summed E-state index contributed by atoms with van der Waals surface area (Å²) in [6.45, 7) is 8.07. The monoisotopic (exact) mass is 420 g/mol. The second-order valence-corrected chi connectivity index (χ2v) is 9.86. The quantitative estimate of drug-likeness (QED) is 0.729. The first-order chi connectivity index (χ1) is 14.0. The molecule has 0 saturated carbocycles. The minimum atomic E-state index is -0.0867. The molecule has 4 rings (SSSR count). The molecule has 8 heteroatoms. The molecule has 0 spiro atoms. The zero-order valence-electron chi connectivity index (χ0n) is 17.4. The fraction of sp³-hybridized carbons (Fsp3) is 0.762. The third-order valence-electron chi connectivity index (χ3n) is 6.41. The predicted octanol–water partition coefficient (Wildman–Crippen LogP) is 1.89. The number of carbonyl (C=O) groups is 2. The maximum atomic E-state index is 12.7. The number of fused-ring (bicyclic) bond motifs is 1. The molecular weight excluding hydrogens is 388 g/mol. The van der Waals surface area contributed by atoms with Gasteiger partial charge in [0.25, 0.3) is 0 Å². The van der Waals surface area contributed by atoms with Crippen molar-refractivity contribution in [2.45, 2.75) is 64.3 Å². The molecule has 0 radical (unpaired) electrons. The van der Waals surface area contributed by atoms with Gasteiger partial charge in [0.15, 0.2) is 0 Å². The number of nitrogens with zero attached hydrogens (tertiary/aromatic N) is 3. The topological polar surface area (TPSA) is 74.8 Å². The van der Waals surface area contributed by atoms with E-state index in [1.54, 1.807) is 11.3 Å². The molecule has 1 aromatic heterocycles. The van der Waals surface area contributed by atoms with E-state index in [-0.39, 0.29) is 41.8 Å². The van der Waals surface area contributed by atoms with Crippen molar-refractivity contribution < 1.29 is 14.3 Å². The maximum Gasteiger partial charge on any atom is 0.225 e. The van der Waals surface area contributed by atoms with Gasteiger partial charge in [-0.05, 0) is 32.6 Å². The Balaban J connectivity index is 1.46. The lowest BCUT2D eigenvalue weighted by atomic mass is 9.84. The lowest BCUT2D eigenvalue weighted by molar-refractivity contribution is -0.133. The summed E-state index contributed by atoms with van der Waals surface area (Å²) < 4.78 is 6.16. The summed E-state index contributed by atoms with van der Waals surface area (Å²) in [6, 6.07) is 0.408. The lowest BCUT2D eigenvalue weighted by Crippen LogP contribution is -2.37. The smallest absolute Gasteiger partial charge is 0.225 e. The predicted molar refractivity (Wildman–Crippen MR) is 111 cm³/mol. The number of thiazole rings is 1. The van der Waals surface area contributed by atoms with Crippen molar-refractivity contribution in [2.75, 3.05) is 26.2 Å². The number of ether oxygens (including phenoxy) is 1. The summed E-state index contributed by atoms with van der Waals surface area (Å²) >= 11 is 1.66. The van der Waals surface area contributed by atoms with Gasteiger partial charge in [-0.3, -0.25) is 19.5 Å². The van der Waals surface area contributed by atoms with Crippen LogP contribution in [0.3, 0.4) is 0 Å². The second-order valence-electron chi connectivity index (χ2n) is 8.89. The first-order valence-electron chi connectivity index (χ1n) is 10.8. The zero-order chi connectivity index (χ0) is 20.4. The number of amides is 2. The highest BCUT2D eigenvalue weighted by atomic mass is 32.1. The number of carbonyl (C=O) groups excluding carboxylic acids is 2. The van der Waals surface area contributed by atoms with E-state index in [1.807, 2.05) is 30.5 Å². The van der Waals surface area contributed by atoms with Gasteiger partial charge in [-0.15, -0.1) is 11.3 Å². The molecular formula is C21H32N4O3S. The SMILES string of the molecule is CC(C)NC(=O)C[C@@H]1CN(Cc2cncs2)[C@@H]2CO[C@@H](CC(=O)N3CCCC3)[C@H]12. The van der Waals surface area contributed by atoms with E-state index in [1.165, 1.54) is 4.88 Å². The summed E-state index contributed by atoms with van der Waals surface area (Å²) in [5.41, 5.74) is 1.86. The van der Waals surface area contributed by atoms with Crippen LogP contribution in [0, 0.1) is 11.8 Å². The molecule has 4 atom stereocenters. The van der Waals surface area contributed by atoms with Crippen LogP contribution in [0.4, 0.5) is 0 Å². The molecule has 3 fully saturated rings. The van der Waals surface area contributed by atoms with E-state index in [0.717, 1.165) is 39.0 Å². The van der Waals surface area contributed by atoms with Gasteiger partial charge in [0.2, 0.25) is 11.8 Å². The van der Waals surface area contributed by atoms with Crippen LogP contribution in [-0.2, 0) is 20.9 Å². The fourth-order valence-electron chi connectivity index (χ4n) is 5.20. The highest BCUT2D eigenvalue weighted by Crippen LogP contribution is 2.42. The van der Waals surface area contributed by atoms with Crippen molar-refractivity contribution >= 4 is 23.2 Å². The minimum Gasteiger partial charge on any atom is -0.376 e. The molecule has 2 amide bonds. The molecule has 0 unspecified atom stereocenters. The van der Waals surface area contributed by atoms with Gasteiger partial charge in [0.05, 0.1) is 24.6 Å². The van der Waals surface area contributed by atoms with Gasteiger partial charge in [-0.25, -0.2) is 0 Å². The maximum absolute atomic E-state index is 12.7. The summed E-state index contributed by atoms with van der Waals surface area (Å²) in [4.78, 5) is 35.1. The van der Waals surface area contributed by atoms with Crippen LogP contribution in [0.25, 0.3) is 0 Å². The first-order valence-corrected chi connectivity index (χ1v) is 11.7. The van der Waals surface area contributed by atoms with Gasteiger partial charge in [-0.2, -0.15) is 0 Å². The van der Waals surface area contributed by atoms with E-state index >= 15 is 0 Å². The van der Waals surface area contributed by atoms with Crippen LogP contribution in [0.5, 0.6) is 0 Å². The van der Waals surface area contributed by atoms with Crippen LogP contribution in [0.2, 0.25) is 0 Å². The number of nitrogens with one attached hydrogen (secondary N) is 1. The Morgan fingerprint density at radius 2 is 2.10 bits per heavy atom. The molecule has 3 aliphatic heterocycles. The van der Waals surface area contributed by atoms with Crippen LogP contribution < -0.4 is 5.32 Å². The Hall–Kier alpha value is -1.51. The third kappa shape index (κ3) is 4.81. The Morgan fingerprint density at radius 3 is 2.79 bits per heavy atom. The van der Waals surface area contributed by atoms with Gasteiger partial charge in [0.1, 0.15) is 0 Å². The van der Waals surface area contributed by atoms with Crippen molar-refractivity contribution in [1.82, 2.24) is 20.1 Å². The Labute approximate surface area is 176 Å². The summed E-state index contributed by atoms with van der Waals surface area (Å²) in [6.07, 6.45) is 4.97. The summed E-state index contributed by atoms with van der Waals surface area (Å²) in [7, 11) is 0. The molecule has 7 nitrogen and oxygen atoms in total. The van der Waals surface area contributed by atoms with Crippen molar-refractivity contribution in [3.05, 3.63) is 16.6 Å². The average molecular weight is 421 g/mol. The van der Waals surface area contributed by atoms with Gasteiger partial charge >= 0.3 is 0 Å². The van der Waals surface area contributed by atoms with Crippen molar-refractivity contribution in [3.8, 4) is 0 Å². The summed E-state index contributed by atoms with van der Waals surface area (Å²) in [5, 5.41) is 3.03. The van der Waals surface area contributed by atoms with Crippen molar-refractivity contribution in [1.29, 1.82) is 0 Å². The molecule has 0 bridgehead atoms. The first kappa shape index (κ1) is 20.8. The van der Waals surface area contributed by atoms with E-state index < -0.39 is 0 Å². The minimum absolute atomic E-state index is 0.0867. The zero-order valence-corrected chi connectivity index (χ0v) is 18.2. The lowest BCUT2D eigenvalue weighted by Gasteiger charge is -2.25. The Kier molecular flexibility index (Phi) is 6.51. The van der Waals surface area contributed by atoms with E-state index in [4.69, 9.17) is 4.74 Å². The van der Waals surface area contributed by atoms with Crippen LogP contribution >= 0.6 is 11.3 Å². The van der Waals surface area contributed by atoms with E-state index in [0.29, 0.717) is 19.4 Å². The van der Waals surface area contributed by atoms with Gasteiger partial charge < -0.3 is 15.0 Å². The fourth-order valence-corrected chi connectivity index (χ4v) is 5.82. The normalized spacial score (nSPS) is 29.6. The van der Waals surface area contributed by atoms with Crippen LogP contribution in [-0.4, -0.2) is 71.0 Å². The third-order valence-corrected chi connectivity index (χ3v) is 7.18. The Morgan fingerprint density at radius 1 is 1.31 bits per heavy atom. The molecule has 0 aliphatic carbocycles. The second kappa shape index (κ2) is 9.10. The van der Waals surface area contributed by atoms with Crippen molar-refractivity contribution in [3.63, 3.8) is 0 Å². The van der Waals surface area contributed by atoms with E-state index in [9.17, 15) is 9.59 Å². The summed E-state index contributed by atoms with van der Waals surface area (Å²) in [5.74, 6) is 0.747. The molecule has 4 heterocycles. The highest BCUT2D eigenvalue weighted by Gasteiger charge is 2.51. The van der Waals surface area contributed by atoms with Gasteiger partial charge in [0, 0.05) is 61.7 Å². The number of hydrogen-bond acceptors (Lipinski definition) is 6. The van der Waals surface area contributed by atoms with Crippen LogP contribution in [0.15, 0.2) is 11.7 Å². The van der Waals surface area contributed by atoms with Crippen LogP contribution in [0.1, 0.15) is 44.4 Å². The molecule has 29 heavy (non-hydrogen) atoms. The molecule has 1 aromatic rings. The standard InChI is InChI=1S/C21H32N4O3S/c1-14(2)23-19(26)7-15-10-25(11-16-9-22-13-29-16)17-12-28-18(21(15)17)8-20(27)24-5-3-4-6-24/h9,13-15,17-18,21H,3-8,10-12H2,1-2H3,(H,23,26)/t15-,17-,18+,21-/m1/s1. The molecule has 3 saturated heterocycles. The number of rotatable bonds is 7. The average Bonchev–Trinajstić information content (AvgIpc) is 3.43. The Bertz CT molecular complexity index is 705. The molecule has 160 valence electrons. The number of hydrogen-bond donors (Lipinski definition) is 1. The van der Waals surface area contributed by atoms with Gasteiger partial charge in [-0.1, -0.05) is 0 Å². The van der Waals surface area contributed by atoms with Crippen molar-refractivity contribution in [2.24, 2.45) is 11.8 Å². The highest BCUT2D eigenvalue weighted by molar-refractivity contribution is 7.09. The molecule has 3 aliphatic rings. The number of aromatic nitrogens is 1.